The van der Waals surface area contributed by atoms with Gasteiger partial charge in [-0.15, -0.1) is 10.2 Å². The summed E-state index contributed by atoms with van der Waals surface area (Å²) in [4.78, 5) is 9.54. The van der Waals surface area contributed by atoms with Crippen LogP contribution in [0.25, 0.3) is 32.2 Å². The molecule has 1 N–H and O–H groups in total. The molecular weight excluding hydrogens is 626 g/mol. The molecule has 236 valence electrons. The highest BCUT2D eigenvalue weighted by molar-refractivity contribution is 7.14. The van der Waals surface area contributed by atoms with Crippen molar-refractivity contribution in [3.63, 3.8) is 0 Å². The number of nitrogens with one attached hydrogen (secondary N) is 1. The molecule has 2 aromatic carbocycles. The van der Waals surface area contributed by atoms with Crippen LogP contribution in [0.5, 0.6) is 23.1 Å². The second-order valence-corrected chi connectivity index (χ2v) is 12.6. The number of aryl methyl sites for hydroxylation is 2. The van der Waals surface area contributed by atoms with Gasteiger partial charge in [-0.25, -0.2) is 14.6 Å². The van der Waals surface area contributed by atoms with Crippen LogP contribution in [-0.4, -0.2) is 50.8 Å². The number of hydrogen-bond donors (Lipinski definition) is 1. The summed E-state index contributed by atoms with van der Waals surface area (Å²) in [6.45, 7) is 5.05. The minimum absolute atomic E-state index is 0.111. The first-order valence-corrected chi connectivity index (χ1v) is 16.1. The van der Waals surface area contributed by atoms with E-state index in [2.05, 4.69) is 21.6 Å². The second-order valence-electron chi connectivity index (χ2n) is 11.0. The molecule has 13 heteroatoms. The Hall–Kier alpha value is -4.52. The zero-order valence-electron chi connectivity index (χ0n) is 25.8. The molecule has 6 aromatic rings. The fourth-order valence-corrected chi connectivity index (χ4v) is 6.64. The third kappa shape index (κ3) is 5.68. The molecule has 4 aromatic heterocycles. The van der Waals surface area contributed by atoms with Crippen molar-refractivity contribution in [1.29, 1.82) is 0 Å². The second kappa shape index (κ2) is 12.7. The van der Waals surface area contributed by atoms with Crippen LogP contribution < -0.4 is 19.5 Å². The maximum absolute atomic E-state index is 6.74. The van der Waals surface area contributed by atoms with Crippen molar-refractivity contribution in [3.05, 3.63) is 70.1 Å². The molecule has 46 heavy (non-hydrogen) atoms. The molecule has 11 nitrogen and oxygen atoms in total. The van der Waals surface area contributed by atoms with Gasteiger partial charge in [-0.2, -0.15) is 5.10 Å². The molecule has 0 bridgehead atoms. The SMILES string of the molecule is COc1ccc(CNc2ncc(-c3nnc(C)s3)c3cc(Cl)nc(Oc4c(C)ccc5c4cnn5C4CCCCO4)c23)c(OC)c1. The van der Waals surface area contributed by atoms with Crippen LogP contribution in [0.3, 0.4) is 0 Å². The molecule has 7 rings (SSSR count). The van der Waals surface area contributed by atoms with E-state index >= 15 is 0 Å². The third-order valence-corrected chi connectivity index (χ3v) is 9.12. The van der Waals surface area contributed by atoms with Gasteiger partial charge in [0.15, 0.2) is 6.23 Å². The van der Waals surface area contributed by atoms with E-state index in [-0.39, 0.29) is 11.4 Å². The number of rotatable bonds is 9. The quantitative estimate of drug-likeness (QED) is 0.154. The van der Waals surface area contributed by atoms with Crippen LogP contribution >= 0.6 is 22.9 Å². The molecule has 1 aliphatic rings. The highest BCUT2D eigenvalue weighted by Gasteiger charge is 2.24. The maximum atomic E-state index is 6.74. The van der Waals surface area contributed by atoms with Crippen molar-refractivity contribution in [1.82, 2.24) is 29.9 Å². The third-order valence-electron chi connectivity index (χ3n) is 8.06. The standard InChI is InChI=1S/C33H32ClN7O4S/c1-18-8-11-25-24(17-37-41(25)28-7-5-6-12-44-28)30(18)45-32-29-22(14-27(34)38-32)23(33-40-39-19(2)46-33)16-36-31(29)35-15-20-9-10-21(42-3)13-26(20)43-4/h8-11,13-14,16-17,28H,5-7,12,15H2,1-4H3,(H,35,36). The van der Waals surface area contributed by atoms with Gasteiger partial charge in [0.1, 0.15) is 38.2 Å². The Morgan fingerprint density at radius 1 is 1.04 bits per heavy atom. The molecule has 1 saturated heterocycles. The largest absolute Gasteiger partial charge is 0.497 e. The first kappa shape index (κ1) is 30.2. The maximum Gasteiger partial charge on any atom is 0.232 e. The summed E-state index contributed by atoms with van der Waals surface area (Å²) in [5.41, 5.74) is 3.55. The zero-order valence-corrected chi connectivity index (χ0v) is 27.4. The first-order valence-electron chi connectivity index (χ1n) is 14.9. The molecule has 0 spiro atoms. The minimum atomic E-state index is -0.111. The van der Waals surface area contributed by atoms with Gasteiger partial charge in [-0.3, -0.25) is 0 Å². The van der Waals surface area contributed by atoms with Crippen LogP contribution in [0.1, 0.15) is 41.6 Å². The van der Waals surface area contributed by atoms with E-state index in [1.807, 2.05) is 55.1 Å². The van der Waals surface area contributed by atoms with Crippen LogP contribution in [0.15, 0.2) is 48.8 Å². The number of methoxy groups -OCH3 is 2. The minimum Gasteiger partial charge on any atom is -0.497 e. The number of fused-ring (bicyclic) bond motifs is 2. The van der Waals surface area contributed by atoms with E-state index in [1.165, 1.54) is 11.3 Å². The van der Waals surface area contributed by atoms with Crippen LogP contribution in [0, 0.1) is 13.8 Å². The van der Waals surface area contributed by atoms with Crippen molar-refractivity contribution in [2.24, 2.45) is 0 Å². The first-order chi connectivity index (χ1) is 22.4. The van der Waals surface area contributed by atoms with Gasteiger partial charge >= 0.3 is 0 Å². The number of nitrogens with zero attached hydrogens (tertiary/aromatic N) is 6. The van der Waals surface area contributed by atoms with Gasteiger partial charge in [0.05, 0.1) is 36.7 Å². The van der Waals surface area contributed by atoms with E-state index in [0.717, 1.165) is 68.9 Å². The molecule has 1 unspecified atom stereocenters. The van der Waals surface area contributed by atoms with Crippen molar-refractivity contribution in [2.45, 2.75) is 45.9 Å². The predicted molar refractivity (Wildman–Crippen MR) is 178 cm³/mol. The van der Waals surface area contributed by atoms with Crippen molar-refractivity contribution < 1.29 is 18.9 Å². The lowest BCUT2D eigenvalue weighted by Gasteiger charge is -2.23. The molecule has 0 aliphatic carbocycles. The van der Waals surface area contributed by atoms with Gasteiger partial charge in [0.25, 0.3) is 0 Å². The smallest absolute Gasteiger partial charge is 0.232 e. The summed E-state index contributed by atoms with van der Waals surface area (Å²) in [5, 5.41) is 20.9. The van der Waals surface area contributed by atoms with Gasteiger partial charge in [0.2, 0.25) is 5.88 Å². The number of ether oxygens (including phenoxy) is 4. The van der Waals surface area contributed by atoms with Gasteiger partial charge in [0, 0.05) is 41.9 Å². The fraction of sp³-hybridized carbons (Fsp3) is 0.303. The van der Waals surface area contributed by atoms with E-state index < -0.39 is 0 Å². The van der Waals surface area contributed by atoms with Crippen LogP contribution in [0.2, 0.25) is 5.15 Å². The number of hydrogen-bond acceptors (Lipinski definition) is 11. The van der Waals surface area contributed by atoms with E-state index in [9.17, 15) is 0 Å². The van der Waals surface area contributed by atoms with Gasteiger partial charge < -0.3 is 24.3 Å². The summed E-state index contributed by atoms with van der Waals surface area (Å²) >= 11 is 8.16. The highest BCUT2D eigenvalue weighted by Crippen LogP contribution is 2.43. The number of pyridine rings is 2. The number of anilines is 1. The Bertz CT molecular complexity index is 2060. The number of benzene rings is 2. The Kier molecular flexibility index (Phi) is 8.33. The molecule has 5 heterocycles. The Balaban J connectivity index is 1.35. The fourth-order valence-electron chi connectivity index (χ4n) is 5.74. The van der Waals surface area contributed by atoms with Crippen LogP contribution in [0.4, 0.5) is 5.82 Å². The van der Waals surface area contributed by atoms with Crippen molar-refractivity contribution in [2.75, 3.05) is 26.1 Å². The monoisotopic (exact) mass is 657 g/mol. The van der Waals surface area contributed by atoms with Gasteiger partial charge in [-0.1, -0.05) is 29.0 Å². The Morgan fingerprint density at radius 3 is 2.70 bits per heavy atom. The highest BCUT2D eigenvalue weighted by atomic mass is 35.5. The Morgan fingerprint density at radius 2 is 1.93 bits per heavy atom. The summed E-state index contributed by atoms with van der Waals surface area (Å²) in [6.07, 6.45) is 6.56. The summed E-state index contributed by atoms with van der Waals surface area (Å²) in [7, 11) is 3.26. The normalized spacial score (nSPS) is 14.9. The number of aromatic nitrogens is 6. The lowest BCUT2D eigenvalue weighted by atomic mass is 10.1. The lowest BCUT2D eigenvalue weighted by molar-refractivity contribution is -0.0366. The molecule has 1 fully saturated rings. The Labute approximate surface area is 274 Å². The summed E-state index contributed by atoms with van der Waals surface area (Å²) < 4.78 is 25.7. The average Bonchev–Trinajstić information content (AvgIpc) is 3.71. The molecule has 1 aliphatic heterocycles. The topological polar surface area (TPSA) is 118 Å². The van der Waals surface area contributed by atoms with E-state index in [4.69, 9.17) is 45.6 Å². The van der Waals surface area contributed by atoms with E-state index in [1.54, 1.807) is 20.4 Å². The summed E-state index contributed by atoms with van der Waals surface area (Å²) in [6, 6.07) is 11.6. The molecule has 0 saturated carbocycles. The lowest BCUT2D eigenvalue weighted by Crippen LogP contribution is -2.18. The zero-order chi connectivity index (χ0) is 31.8. The van der Waals surface area contributed by atoms with Crippen LogP contribution in [-0.2, 0) is 11.3 Å². The van der Waals surface area contributed by atoms with E-state index in [0.29, 0.717) is 40.9 Å². The number of halogens is 1. The molecule has 0 amide bonds. The molecule has 0 radical (unpaired) electrons. The average molecular weight is 658 g/mol. The summed E-state index contributed by atoms with van der Waals surface area (Å²) in [5.74, 6) is 2.90. The predicted octanol–water partition coefficient (Wildman–Crippen LogP) is 7.89. The molecular formula is C33H32ClN7O4S. The van der Waals surface area contributed by atoms with Crippen molar-refractivity contribution >= 4 is 50.4 Å². The van der Waals surface area contributed by atoms with Crippen molar-refractivity contribution in [3.8, 4) is 33.7 Å². The van der Waals surface area contributed by atoms with Gasteiger partial charge in [-0.05, 0) is 62.9 Å². The molecule has 1 atom stereocenters.